The van der Waals surface area contributed by atoms with E-state index in [0.717, 1.165) is 14.4 Å². The Morgan fingerprint density at radius 2 is 1.91 bits per heavy atom. The molecule has 0 radical (unpaired) electrons. The number of amides is 2. The van der Waals surface area contributed by atoms with Crippen LogP contribution in [0.25, 0.3) is 10.6 Å². The molecule has 0 fully saturated rings. The van der Waals surface area contributed by atoms with E-state index in [1.165, 1.54) is 22.7 Å². The highest BCUT2D eigenvalue weighted by Crippen LogP contribution is 2.25. The molecule has 22 heavy (non-hydrogen) atoms. The van der Waals surface area contributed by atoms with E-state index in [0.29, 0.717) is 4.88 Å². The second kappa shape index (κ2) is 6.69. The molecule has 3 aromatic rings. The highest BCUT2D eigenvalue weighted by atomic mass is 79.9. The predicted octanol–water partition coefficient (Wildman–Crippen LogP) is 3.77. The van der Waals surface area contributed by atoms with Crippen molar-refractivity contribution in [1.29, 1.82) is 0 Å². The number of carbonyl (C=O) groups excluding carboxylic acids is 2. The molecule has 0 aromatic carbocycles. The molecule has 0 unspecified atom stereocenters. The average Bonchev–Trinajstić information content (AvgIpc) is 3.23. The van der Waals surface area contributed by atoms with Crippen molar-refractivity contribution < 1.29 is 9.59 Å². The van der Waals surface area contributed by atoms with Crippen LogP contribution in [-0.2, 0) is 0 Å². The number of nitrogens with zero attached hydrogens (tertiary/aromatic N) is 1. The summed E-state index contributed by atoms with van der Waals surface area (Å²) in [5, 5.41) is 6.36. The van der Waals surface area contributed by atoms with Crippen LogP contribution in [0.2, 0.25) is 0 Å². The summed E-state index contributed by atoms with van der Waals surface area (Å²) in [6, 6.07) is 5.39. The minimum Gasteiger partial charge on any atom is -0.266 e. The van der Waals surface area contributed by atoms with E-state index in [1.807, 2.05) is 16.8 Å². The van der Waals surface area contributed by atoms with Gasteiger partial charge in [0.2, 0.25) is 0 Å². The van der Waals surface area contributed by atoms with Crippen molar-refractivity contribution in [3.05, 3.63) is 48.7 Å². The second-order valence-electron chi connectivity index (χ2n) is 4.06. The lowest BCUT2D eigenvalue weighted by Gasteiger charge is -2.03. The summed E-state index contributed by atoms with van der Waals surface area (Å²) in [6.45, 7) is 0. The zero-order valence-corrected chi connectivity index (χ0v) is 14.9. The summed E-state index contributed by atoms with van der Waals surface area (Å²) >= 11 is 7.53. The molecule has 3 heterocycles. The van der Waals surface area contributed by atoms with Crippen molar-refractivity contribution >= 4 is 61.8 Å². The number of aromatic nitrogens is 1. The van der Waals surface area contributed by atoms with Crippen LogP contribution in [0.3, 0.4) is 0 Å². The van der Waals surface area contributed by atoms with E-state index in [9.17, 15) is 9.59 Å². The number of thiazole rings is 1. The average molecular weight is 414 g/mol. The first-order valence-electron chi connectivity index (χ1n) is 5.97. The minimum atomic E-state index is -0.443. The number of hydrogen-bond acceptors (Lipinski definition) is 6. The number of hydrogen-bond donors (Lipinski definition) is 2. The summed E-state index contributed by atoms with van der Waals surface area (Å²) in [4.78, 5) is 28.6. The van der Waals surface area contributed by atoms with Gasteiger partial charge in [-0.15, -0.1) is 22.7 Å². The van der Waals surface area contributed by atoms with E-state index in [1.54, 1.807) is 28.8 Å². The van der Waals surface area contributed by atoms with Crippen LogP contribution in [0.4, 0.5) is 0 Å². The molecule has 0 atom stereocenters. The fraction of sp³-hybridized carbons (Fsp3) is 0. The molecule has 112 valence electrons. The lowest BCUT2D eigenvalue weighted by molar-refractivity contribution is 0.0846. The van der Waals surface area contributed by atoms with E-state index in [2.05, 4.69) is 31.8 Å². The topological polar surface area (TPSA) is 71.1 Å². The van der Waals surface area contributed by atoms with E-state index < -0.39 is 5.91 Å². The van der Waals surface area contributed by atoms with Gasteiger partial charge in [-0.1, -0.05) is 0 Å². The van der Waals surface area contributed by atoms with E-state index in [-0.39, 0.29) is 11.6 Å². The first-order valence-corrected chi connectivity index (χ1v) is 9.41. The predicted molar refractivity (Wildman–Crippen MR) is 92.4 cm³/mol. The molecule has 5 nitrogen and oxygen atoms in total. The maximum atomic E-state index is 12.0. The molecule has 0 saturated heterocycles. The van der Waals surface area contributed by atoms with Crippen molar-refractivity contribution in [2.24, 2.45) is 0 Å². The van der Waals surface area contributed by atoms with Gasteiger partial charge in [-0.2, -0.15) is 11.3 Å². The van der Waals surface area contributed by atoms with Crippen molar-refractivity contribution in [3.63, 3.8) is 0 Å². The van der Waals surface area contributed by atoms with E-state index >= 15 is 0 Å². The van der Waals surface area contributed by atoms with Gasteiger partial charge in [-0.3, -0.25) is 20.4 Å². The van der Waals surface area contributed by atoms with Gasteiger partial charge >= 0.3 is 0 Å². The number of hydrazine groups is 1. The molecule has 2 N–H and O–H groups in total. The lowest BCUT2D eigenvalue weighted by Crippen LogP contribution is -2.41. The number of halogens is 1. The van der Waals surface area contributed by atoms with Gasteiger partial charge in [0.1, 0.15) is 10.7 Å². The summed E-state index contributed by atoms with van der Waals surface area (Å²) in [6.07, 6.45) is 0. The Kier molecular flexibility index (Phi) is 4.67. The van der Waals surface area contributed by atoms with Gasteiger partial charge in [-0.25, -0.2) is 4.98 Å². The lowest BCUT2D eigenvalue weighted by atomic mass is 10.3. The van der Waals surface area contributed by atoms with Crippen molar-refractivity contribution in [2.45, 2.75) is 0 Å². The Morgan fingerprint density at radius 3 is 2.59 bits per heavy atom. The van der Waals surface area contributed by atoms with Crippen molar-refractivity contribution in [3.8, 4) is 10.6 Å². The Balaban J connectivity index is 1.61. The Bertz CT molecular complexity index is 810. The Labute approximate surface area is 146 Å². The Hall–Kier alpha value is -1.55. The molecule has 0 spiro atoms. The van der Waals surface area contributed by atoms with Gasteiger partial charge in [0.25, 0.3) is 11.8 Å². The molecular weight excluding hydrogens is 406 g/mol. The molecule has 0 saturated carbocycles. The molecule has 2 amide bonds. The summed E-state index contributed by atoms with van der Waals surface area (Å²) in [5.74, 6) is -0.806. The molecule has 3 rings (SSSR count). The zero-order chi connectivity index (χ0) is 15.5. The number of nitrogens with one attached hydrogen (secondary N) is 2. The fourth-order valence-corrected chi connectivity index (χ4v) is 4.37. The van der Waals surface area contributed by atoms with Gasteiger partial charge in [-0.05, 0) is 39.5 Å². The largest absolute Gasteiger partial charge is 0.289 e. The van der Waals surface area contributed by atoms with Crippen LogP contribution in [0.1, 0.15) is 20.2 Å². The SMILES string of the molecule is O=C(NNC(=O)c1ccc(Br)s1)c1csc(-c2ccsc2)n1. The third kappa shape index (κ3) is 3.43. The van der Waals surface area contributed by atoms with Gasteiger partial charge < -0.3 is 0 Å². The summed E-state index contributed by atoms with van der Waals surface area (Å²) in [7, 11) is 0. The Morgan fingerprint density at radius 1 is 1.09 bits per heavy atom. The molecule has 0 bridgehead atoms. The molecule has 0 aliphatic heterocycles. The molecule has 0 aliphatic carbocycles. The monoisotopic (exact) mass is 413 g/mol. The number of thiophene rings is 2. The van der Waals surface area contributed by atoms with Crippen molar-refractivity contribution in [1.82, 2.24) is 15.8 Å². The highest BCUT2D eigenvalue weighted by molar-refractivity contribution is 9.11. The van der Waals surface area contributed by atoms with Crippen LogP contribution in [0, 0.1) is 0 Å². The molecule has 9 heteroatoms. The first-order chi connectivity index (χ1) is 10.6. The van der Waals surface area contributed by atoms with Gasteiger partial charge in [0.15, 0.2) is 0 Å². The quantitative estimate of drug-likeness (QED) is 0.641. The van der Waals surface area contributed by atoms with Crippen LogP contribution in [-0.4, -0.2) is 16.8 Å². The van der Waals surface area contributed by atoms with Gasteiger partial charge in [0, 0.05) is 16.3 Å². The third-order valence-electron chi connectivity index (χ3n) is 2.59. The van der Waals surface area contributed by atoms with Crippen LogP contribution in [0.5, 0.6) is 0 Å². The molecular formula is C13H8BrN3O2S3. The summed E-state index contributed by atoms with van der Waals surface area (Å²) in [5.41, 5.74) is 6.00. The van der Waals surface area contributed by atoms with Crippen LogP contribution >= 0.6 is 49.9 Å². The van der Waals surface area contributed by atoms with Gasteiger partial charge in [0.05, 0.1) is 8.66 Å². The highest BCUT2D eigenvalue weighted by Gasteiger charge is 2.14. The summed E-state index contributed by atoms with van der Waals surface area (Å²) < 4.78 is 0.851. The normalized spacial score (nSPS) is 10.4. The standard InChI is InChI=1S/C13H8BrN3O2S3/c14-10-2-1-9(22-10)12(19)17-16-11(18)8-6-21-13(15-8)7-3-4-20-5-7/h1-6H,(H,16,18)(H,17,19). The first kappa shape index (κ1) is 15.3. The maximum Gasteiger partial charge on any atom is 0.289 e. The van der Waals surface area contributed by atoms with Crippen LogP contribution < -0.4 is 10.9 Å². The number of carbonyl (C=O) groups is 2. The molecule has 0 aliphatic rings. The van der Waals surface area contributed by atoms with E-state index in [4.69, 9.17) is 0 Å². The fourth-order valence-electron chi connectivity index (χ4n) is 1.57. The van der Waals surface area contributed by atoms with Crippen molar-refractivity contribution in [2.75, 3.05) is 0 Å². The molecule has 3 aromatic heterocycles. The zero-order valence-electron chi connectivity index (χ0n) is 10.8. The van der Waals surface area contributed by atoms with Crippen LogP contribution in [0.15, 0.2) is 38.1 Å². The number of rotatable bonds is 3. The smallest absolute Gasteiger partial charge is 0.266 e. The third-order valence-corrected chi connectivity index (χ3v) is 5.79. The maximum absolute atomic E-state index is 12.0. The minimum absolute atomic E-state index is 0.277. The second-order valence-corrected chi connectivity index (χ2v) is 8.16.